The van der Waals surface area contributed by atoms with Gasteiger partial charge in [0.15, 0.2) is 5.82 Å². The smallest absolute Gasteiger partial charge is 0.328 e. The van der Waals surface area contributed by atoms with Crippen molar-refractivity contribution in [3.8, 4) is 11.3 Å². The van der Waals surface area contributed by atoms with E-state index in [9.17, 15) is 14.4 Å². The van der Waals surface area contributed by atoms with Gasteiger partial charge in [0.05, 0.1) is 11.7 Å². The first-order chi connectivity index (χ1) is 29.4. The number of aromatic nitrogens is 4. The molecule has 3 aliphatic heterocycles. The summed E-state index contributed by atoms with van der Waals surface area (Å²) in [7, 11) is 0. The van der Waals surface area contributed by atoms with Gasteiger partial charge in [0, 0.05) is 98.7 Å². The molecule has 3 saturated heterocycles. The third-order valence-electron chi connectivity index (χ3n) is 11.9. The zero-order valence-corrected chi connectivity index (χ0v) is 35.6. The van der Waals surface area contributed by atoms with Gasteiger partial charge in [0.2, 0.25) is 11.9 Å². The van der Waals surface area contributed by atoms with E-state index in [-0.39, 0.29) is 29.3 Å². The minimum Gasteiger partial charge on any atom is -0.372 e. The van der Waals surface area contributed by atoms with Crippen LogP contribution in [0.4, 0.5) is 33.5 Å². The number of aryl methyl sites for hydroxylation is 1. The second-order valence-electron chi connectivity index (χ2n) is 17.4. The number of imide groups is 1. The molecule has 0 aliphatic carbocycles. The Bertz CT molecular complexity index is 2340. The van der Waals surface area contributed by atoms with Crippen LogP contribution in [0.3, 0.4) is 0 Å². The molecule has 8 rings (SSSR count). The van der Waals surface area contributed by atoms with Crippen molar-refractivity contribution in [3.05, 3.63) is 102 Å². The highest BCUT2D eigenvalue weighted by atomic mass is 16.5. The van der Waals surface area contributed by atoms with E-state index in [0.29, 0.717) is 30.7 Å². The number of carbonyl (C=O) groups is 3. The number of benzene rings is 3. The second-order valence-corrected chi connectivity index (χ2v) is 17.4. The molecule has 4 amide bonds. The van der Waals surface area contributed by atoms with Crippen LogP contribution in [0.15, 0.2) is 83.5 Å². The third kappa shape index (κ3) is 9.83. The van der Waals surface area contributed by atoms with Crippen molar-refractivity contribution in [2.75, 3.05) is 72.4 Å². The Balaban J connectivity index is 0.782. The van der Waals surface area contributed by atoms with E-state index in [2.05, 4.69) is 88.2 Å². The number of hydrogen-bond acceptors (Lipinski definition) is 12. The first-order valence-electron chi connectivity index (χ1n) is 21.3. The molecule has 1 atom stereocenters. The maximum Gasteiger partial charge on any atom is 0.328 e. The Morgan fingerprint density at radius 1 is 0.852 bits per heavy atom. The molecular weight excluding hydrogens is 771 g/mol. The van der Waals surface area contributed by atoms with Gasteiger partial charge in [-0.2, -0.15) is 4.98 Å². The molecule has 3 fully saturated rings. The number of amides is 4. The van der Waals surface area contributed by atoms with E-state index >= 15 is 0 Å². The topological polar surface area (TPSA) is 165 Å². The van der Waals surface area contributed by atoms with Crippen LogP contribution in [0.1, 0.15) is 80.6 Å². The first-order valence-corrected chi connectivity index (χ1v) is 21.3. The lowest BCUT2D eigenvalue weighted by Gasteiger charge is -2.40. The molecule has 5 heterocycles. The lowest BCUT2D eigenvalue weighted by atomic mass is 9.95. The summed E-state index contributed by atoms with van der Waals surface area (Å²) in [5.74, 6) is 1.01. The van der Waals surface area contributed by atoms with Gasteiger partial charge in [-0.1, -0.05) is 38.1 Å². The van der Waals surface area contributed by atoms with E-state index in [1.54, 1.807) is 11.1 Å². The van der Waals surface area contributed by atoms with Crippen molar-refractivity contribution in [3.63, 3.8) is 0 Å². The number of urea groups is 1. The summed E-state index contributed by atoms with van der Waals surface area (Å²) in [6, 6.07) is 24.0. The van der Waals surface area contributed by atoms with Crippen LogP contribution in [0.25, 0.3) is 11.3 Å². The van der Waals surface area contributed by atoms with E-state index < -0.39 is 5.91 Å². The van der Waals surface area contributed by atoms with Crippen molar-refractivity contribution in [2.24, 2.45) is 5.92 Å². The molecule has 318 valence electrons. The lowest BCUT2D eigenvalue weighted by molar-refractivity contribution is -0.120. The molecule has 15 heteroatoms. The van der Waals surface area contributed by atoms with E-state index in [0.717, 1.165) is 92.4 Å². The number of nitrogens with zero attached hydrogens (tertiary/aromatic N) is 8. The van der Waals surface area contributed by atoms with E-state index in [1.165, 1.54) is 11.4 Å². The van der Waals surface area contributed by atoms with Gasteiger partial charge in [0.1, 0.15) is 0 Å². The Labute approximate surface area is 356 Å². The molecule has 0 spiro atoms. The summed E-state index contributed by atoms with van der Waals surface area (Å²) in [6.45, 7) is 17.5. The fourth-order valence-corrected chi connectivity index (χ4v) is 8.32. The zero-order chi connectivity index (χ0) is 42.7. The fraction of sp³-hybridized carbons (Fsp3) is 0.413. The summed E-state index contributed by atoms with van der Waals surface area (Å²) in [5.41, 5.74) is 7.54. The Morgan fingerprint density at radius 3 is 2.18 bits per heavy atom. The molecule has 5 aromatic rings. The van der Waals surface area contributed by atoms with Gasteiger partial charge in [-0.05, 0) is 104 Å². The molecule has 0 saturated carbocycles. The average molecular weight is 826 g/mol. The largest absolute Gasteiger partial charge is 0.372 e. The highest BCUT2D eigenvalue weighted by Gasteiger charge is 2.28. The fourth-order valence-electron chi connectivity index (χ4n) is 8.32. The predicted molar refractivity (Wildman–Crippen MR) is 236 cm³/mol. The van der Waals surface area contributed by atoms with Gasteiger partial charge in [-0.3, -0.25) is 24.7 Å². The molecule has 2 aromatic heterocycles. The zero-order valence-electron chi connectivity index (χ0n) is 35.6. The quantitative estimate of drug-likeness (QED) is 0.127. The molecule has 3 N–H and O–H groups in total. The summed E-state index contributed by atoms with van der Waals surface area (Å²) in [5, 5.41) is 12.7. The number of hydrogen-bond donors (Lipinski definition) is 3. The monoisotopic (exact) mass is 825 g/mol. The molecule has 1 unspecified atom stereocenters. The maximum absolute atomic E-state index is 12.9. The highest BCUT2D eigenvalue weighted by Crippen LogP contribution is 2.29. The van der Waals surface area contributed by atoms with Gasteiger partial charge in [-0.15, -0.1) is 0 Å². The molecule has 15 nitrogen and oxygen atoms in total. The Hall–Kier alpha value is -6.35. The number of anilines is 5. The molecular formula is C46H55N11O4. The Kier molecular flexibility index (Phi) is 12.0. The van der Waals surface area contributed by atoms with Gasteiger partial charge >= 0.3 is 17.8 Å². The normalized spacial score (nSPS) is 17.3. The molecule has 0 radical (unpaired) electrons. The van der Waals surface area contributed by atoms with Crippen molar-refractivity contribution < 1.29 is 18.9 Å². The third-order valence-corrected chi connectivity index (χ3v) is 11.9. The molecule has 0 bridgehead atoms. The summed E-state index contributed by atoms with van der Waals surface area (Å²) >= 11 is 0. The number of nitrogens with one attached hydrogen (secondary N) is 3. The van der Waals surface area contributed by atoms with Gasteiger partial charge < -0.3 is 25.0 Å². The standard InChI is InChI=1S/C46H55N11O4/c1-30-28-33(6-15-38(30)31(2)48-41(59)42-52-43(53-61-42)46(3,4)5)39-16-20-47-44(50-39)49-34-7-9-35(10-8-34)56-26-24-54(25-27-56)29-32-17-21-55(22-18-32)36-11-13-37(14-12-36)57-23-19-40(58)51-45(57)60/h6-16,20,28,31-32H,17-19,21-27,29H2,1-5H3,(H,48,59)(H,47,49,50)(H,51,58,60). The second kappa shape index (κ2) is 17.7. The van der Waals surface area contributed by atoms with Crippen LogP contribution in [0.2, 0.25) is 0 Å². The van der Waals surface area contributed by atoms with Crippen LogP contribution < -0.4 is 30.7 Å². The number of piperazine rings is 1. The van der Waals surface area contributed by atoms with E-state index in [1.807, 2.05) is 65.0 Å². The SMILES string of the molecule is Cc1cc(-c2ccnc(Nc3ccc(N4CCN(CC5CCN(c6ccc(N7CCC(=O)NC7=O)cc6)CC5)CC4)cc3)n2)ccc1C(C)NC(=O)c1nc(C(C)(C)C)no1. The van der Waals surface area contributed by atoms with Crippen molar-refractivity contribution in [2.45, 2.75) is 65.3 Å². The lowest BCUT2D eigenvalue weighted by Crippen LogP contribution is -2.49. The Morgan fingerprint density at radius 2 is 1.52 bits per heavy atom. The maximum atomic E-state index is 12.9. The number of piperidine rings is 1. The van der Waals surface area contributed by atoms with E-state index in [4.69, 9.17) is 9.51 Å². The van der Waals surface area contributed by atoms with Crippen molar-refractivity contribution in [1.82, 2.24) is 35.6 Å². The summed E-state index contributed by atoms with van der Waals surface area (Å²) < 4.78 is 5.23. The van der Waals surface area contributed by atoms with Crippen LogP contribution in [0.5, 0.6) is 0 Å². The van der Waals surface area contributed by atoms with Crippen LogP contribution in [-0.2, 0) is 10.2 Å². The molecule has 61 heavy (non-hydrogen) atoms. The van der Waals surface area contributed by atoms with Crippen LogP contribution in [-0.4, -0.2) is 95.2 Å². The summed E-state index contributed by atoms with van der Waals surface area (Å²) in [6.07, 6.45) is 4.41. The molecule has 3 aromatic carbocycles. The minimum absolute atomic E-state index is 0.0460. The van der Waals surface area contributed by atoms with Crippen molar-refractivity contribution >= 4 is 46.5 Å². The average Bonchev–Trinajstić information content (AvgIpc) is 3.77. The number of rotatable bonds is 11. The molecule has 3 aliphatic rings. The number of carbonyl (C=O) groups excluding carboxylic acids is 3. The van der Waals surface area contributed by atoms with Gasteiger partial charge in [0.25, 0.3) is 0 Å². The highest BCUT2D eigenvalue weighted by molar-refractivity contribution is 6.05. The first kappa shape index (κ1) is 41.4. The predicted octanol–water partition coefficient (Wildman–Crippen LogP) is 6.85. The summed E-state index contributed by atoms with van der Waals surface area (Å²) in [4.78, 5) is 59.3. The minimum atomic E-state index is -0.407. The van der Waals surface area contributed by atoms with Crippen LogP contribution in [0, 0.1) is 12.8 Å². The van der Waals surface area contributed by atoms with Crippen molar-refractivity contribution in [1.29, 1.82) is 0 Å². The van der Waals surface area contributed by atoms with Gasteiger partial charge in [-0.25, -0.2) is 14.8 Å². The van der Waals surface area contributed by atoms with Crippen LogP contribution >= 0.6 is 0 Å².